The Bertz CT molecular complexity index is 691. The maximum Gasteiger partial charge on any atom is 0.243 e. The molecule has 1 saturated heterocycles. The van der Waals surface area contributed by atoms with E-state index < -0.39 is 0 Å². The second-order valence-corrected chi connectivity index (χ2v) is 8.45. The standard InChI is InChI=1S/C21H34ClN5O2/c1-6-23-20(25-14-19(28)26(4)5)24-13-18(16-7-9-17(22)10-8-16)27-11-12-29-21(2,3)15-27/h7-10,18H,6,11-15H2,1-5H3,(H2,23,24,25). The van der Waals surface area contributed by atoms with Crippen LogP contribution in [0.5, 0.6) is 0 Å². The zero-order chi connectivity index (χ0) is 21.4. The molecule has 1 atom stereocenters. The van der Waals surface area contributed by atoms with E-state index in [-0.39, 0.29) is 24.1 Å². The molecule has 162 valence electrons. The summed E-state index contributed by atoms with van der Waals surface area (Å²) in [5, 5.41) is 7.34. The van der Waals surface area contributed by atoms with E-state index in [0.29, 0.717) is 19.1 Å². The molecule has 0 aliphatic carbocycles. The van der Waals surface area contributed by atoms with Gasteiger partial charge in [0, 0.05) is 45.3 Å². The van der Waals surface area contributed by atoms with Crippen molar-refractivity contribution in [2.45, 2.75) is 32.4 Å². The number of carbonyl (C=O) groups excluding carboxylic acids is 1. The molecule has 1 amide bonds. The van der Waals surface area contributed by atoms with E-state index in [1.165, 1.54) is 5.56 Å². The normalized spacial score (nSPS) is 18.2. The average Bonchev–Trinajstić information content (AvgIpc) is 2.66. The van der Waals surface area contributed by atoms with Crippen molar-refractivity contribution < 1.29 is 9.53 Å². The van der Waals surface area contributed by atoms with E-state index in [2.05, 4.69) is 46.5 Å². The monoisotopic (exact) mass is 423 g/mol. The summed E-state index contributed by atoms with van der Waals surface area (Å²) in [5.74, 6) is 0.598. The maximum atomic E-state index is 11.9. The molecule has 1 aromatic carbocycles. The summed E-state index contributed by atoms with van der Waals surface area (Å²) >= 11 is 6.10. The number of ether oxygens (including phenoxy) is 1. The van der Waals surface area contributed by atoms with Crippen LogP contribution in [0.15, 0.2) is 29.3 Å². The first kappa shape index (κ1) is 23.4. The Balaban J connectivity index is 2.16. The van der Waals surface area contributed by atoms with E-state index in [0.717, 1.165) is 24.7 Å². The number of benzene rings is 1. The minimum Gasteiger partial charge on any atom is -0.373 e. The highest BCUT2D eigenvalue weighted by Gasteiger charge is 2.32. The quantitative estimate of drug-likeness (QED) is 0.519. The first-order valence-electron chi connectivity index (χ1n) is 10.1. The number of aliphatic imine (C=N–C) groups is 1. The summed E-state index contributed by atoms with van der Waals surface area (Å²) in [6.07, 6.45) is 0. The van der Waals surface area contributed by atoms with Crippen LogP contribution in [0.2, 0.25) is 5.02 Å². The highest BCUT2D eigenvalue weighted by Crippen LogP contribution is 2.27. The fraction of sp³-hybridized carbons (Fsp3) is 0.619. The van der Waals surface area contributed by atoms with Gasteiger partial charge in [-0.25, -0.2) is 4.99 Å². The van der Waals surface area contributed by atoms with Crippen LogP contribution in [0.4, 0.5) is 0 Å². The molecule has 1 aliphatic rings. The Hall–Kier alpha value is -1.83. The summed E-state index contributed by atoms with van der Waals surface area (Å²) in [4.78, 5) is 20.3. The van der Waals surface area contributed by atoms with E-state index in [9.17, 15) is 4.79 Å². The van der Waals surface area contributed by atoms with Crippen molar-refractivity contribution in [1.29, 1.82) is 0 Å². The zero-order valence-electron chi connectivity index (χ0n) is 18.2. The van der Waals surface area contributed by atoms with Crippen LogP contribution in [0.1, 0.15) is 32.4 Å². The van der Waals surface area contributed by atoms with E-state index in [1.54, 1.807) is 19.0 Å². The lowest BCUT2D eigenvalue weighted by Gasteiger charge is -2.42. The predicted molar refractivity (Wildman–Crippen MR) is 118 cm³/mol. The largest absolute Gasteiger partial charge is 0.373 e. The highest BCUT2D eigenvalue weighted by molar-refractivity contribution is 6.30. The number of hydrogen-bond acceptors (Lipinski definition) is 4. The number of likely N-dealkylation sites (N-methyl/N-ethyl adjacent to an activating group) is 1. The average molecular weight is 424 g/mol. The molecule has 2 N–H and O–H groups in total. The number of guanidine groups is 1. The third-order valence-corrected chi connectivity index (χ3v) is 5.08. The summed E-state index contributed by atoms with van der Waals surface area (Å²) < 4.78 is 5.89. The fourth-order valence-corrected chi connectivity index (χ4v) is 3.41. The van der Waals surface area contributed by atoms with Crippen molar-refractivity contribution in [3.8, 4) is 0 Å². The Kier molecular flexibility index (Phi) is 8.74. The molecule has 1 unspecified atom stereocenters. The second kappa shape index (κ2) is 10.8. The summed E-state index contributed by atoms with van der Waals surface area (Å²) in [6, 6.07) is 8.10. The van der Waals surface area contributed by atoms with Crippen molar-refractivity contribution in [2.75, 3.05) is 53.4 Å². The molecule has 0 aromatic heterocycles. The zero-order valence-corrected chi connectivity index (χ0v) is 18.9. The molecule has 2 rings (SSSR count). The molecule has 0 spiro atoms. The molecular weight excluding hydrogens is 390 g/mol. The fourth-order valence-electron chi connectivity index (χ4n) is 3.28. The number of carbonyl (C=O) groups is 1. The second-order valence-electron chi connectivity index (χ2n) is 8.01. The van der Waals surface area contributed by atoms with Gasteiger partial charge < -0.3 is 20.3 Å². The van der Waals surface area contributed by atoms with E-state index in [1.807, 2.05) is 19.1 Å². The molecular formula is C21H34ClN5O2. The Labute approximate surface area is 179 Å². The number of nitrogens with zero attached hydrogens (tertiary/aromatic N) is 3. The Morgan fingerprint density at radius 2 is 2.00 bits per heavy atom. The molecule has 0 saturated carbocycles. The van der Waals surface area contributed by atoms with Gasteiger partial charge in [-0.05, 0) is 38.5 Å². The topological polar surface area (TPSA) is 69.2 Å². The van der Waals surface area contributed by atoms with Crippen molar-refractivity contribution in [3.05, 3.63) is 34.9 Å². The number of hydrogen-bond donors (Lipinski definition) is 2. The van der Waals surface area contributed by atoms with Crippen molar-refractivity contribution in [3.63, 3.8) is 0 Å². The van der Waals surface area contributed by atoms with Crippen LogP contribution in [-0.2, 0) is 9.53 Å². The first-order valence-corrected chi connectivity index (χ1v) is 10.5. The lowest BCUT2D eigenvalue weighted by Crippen LogP contribution is -2.52. The van der Waals surface area contributed by atoms with Crippen LogP contribution in [0.3, 0.4) is 0 Å². The molecule has 1 aromatic rings. The molecule has 1 aliphatic heterocycles. The van der Waals surface area contributed by atoms with Crippen LogP contribution in [-0.4, -0.2) is 80.7 Å². The van der Waals surface area contributed by atoms with Gasteiger partial charge in [0.2, 0.25) is 5.91 Å². The van der Waals surface area contributed by atoms with Crippen molar-refractivity contribution in [1.82, 2.24) is 20.4 Å². The molecule has 0 bridgehead atoms. The van der Waals surface area contributed by atoms with Crippen molar-refractivity contribution in [2.24, 2.45) is 4.99 Å². The molecule has 8 heteroatoms. The minimum atomic E-state index is -0.195. The number of amides is 1. The SMILES string of the molecule is CCNC(=NCC(=O)N(C)C)NCC(c1ccc(Cl)cc1)N1CCOC(C)(C)C1. The van der Waals surface area contributed by atoms with E-state index >= 15 is 0 Å². The molecule has 1 heterocycles. The Morgan fingerprint density at radius 3 is 2.59 bits per heavy atom. The summed E-state index contributed by atoms with van der Waals surface area (Å²) in [7, 11) is 3.46. The smallest absolute Gasteiger partial charge is 0.243 e. The van der Waals surface area contributed by atoms with Crippen LogP contribution in [0, 0.1) is 0 Å². The van der Waals surface area contributed by atoms with Gasteiger partial charge in [-0.2, -0.15) is 0 Å². The lowest BCUT2D eigenvalue weighted by molar-refractivity contribution is -0.127. The number of rotatable bonds is 7. The third kappa shape index (κ3) is 7.49. The molecule has 29 heavy (non-hydrogen) atoms. The number of halogens is 1. The highest BCUT2D eigenvalue weighted by atomic mass is 35.5. The number of morpholine rings is 1. The molecule has 7 nitrogen and oxygen atoms in total. The van der Waals surface area contributed by atoms with Crippen LogP contribution in [0.25, 0.3) is 0 Å². The van der Waals surface area contributed by atoms with Gasteiger partial charge in [-0.3, -0.25) is 9.69 Å². The van der Waals surface area contributed by atoms with Gasteiger partial charge in [0.05, 0.1) is 18.2 Å². The van der Waals surface area contributed by atoms with Crippen LogP contribution < -0.4 is 10.6 Å². The molecule has 0 radical (unpaired) electrons. The Morgan fingerprint density at radius 1 is 1.31 bits per heavy atom. The van der Waals surface area contributed by atoms with Gasteiger partial charge in [-0.15, -0.1) is 0 Å². The third-order valence-electron chi connectivity index (χ3n) is 4.83. The van der Waals surface area contributed by atoms with Gasteiger partial charge >= 0.3 is 0 Å². The predicted octanol–water partition coefficient (Wildman–Crippen LogP) is 2.14. The molecule has 1 fully saturated rings. The van der Waals surface area contributed by atoms with Gasteiger partial charge in [0.15, 0.2) is 5.96 Å². The minimum absolute atomic E-state index is 0.0358. The van der Waals surface area contributed by atoms with E-state index in [4.69, 9.17) is 16.3 Å². The first-order chi connectivity index (χ1) is 13.7. The summed E-state index contributed by atoms with van der Waals surface area (Å²) in [5.41, 5.74) is 0.986. The maximum absolute atomic E-state index is 11.9. The van der Waals surface area contributed by atoms with Gasteiger partial charge in [0.25, 0.3) is 0 Å². The summed E-state index contributed by atoms with van der Waals surface area (Å²) in [6.45, 7) is 10.1. The van der Waals surface area contributed by atoms with Crippen LogP contribution >= 0.6 is 11.6 Å². The number of nitrogens with one attached hydrogen (secondary N) is 2. The van der Waals surface area contributed by atoms with Crippen molar-refractivity contribution >= 4 is 23.5 Å². The lowest BCUT2D eigenvalue weighted by atomic mass is 10.0. The van der Waals surface area contributed by atoms with Gasteiger partial charge in [-0.1, -0.05) is 23.7 Å². The van der Waals surface area contributed by atoms with Gasteiger partial charge in [0.1, 0.15) is 6.54 Å².